The number of nitrogens with zero attached hydrogens (tertiary/aromatic N) is 9. The van der Waals surface area contributed by atoms with Crippen LogP contribution in [0.25, 0.3) is 20.7 Å². The van der Waals surface area contributed by atoms with Gasteiger partial charge in [0.2, 0.25) is 23.6 Å². The Morgan fingerprint density at radius 1 is 0.909 bits per heavy atom. The SMILES string of the molecule is Cc1ncsc1-c1ccc(CNC(=O)[C@@H]2C[C@@H](O)CN2C(=O)C(NC(=O)CCCCCC(=O)N2CCN(CC#Cc3ccc(OCCCc4sc(N5CCCc6c5nnc(Nc5nc7ccccc7s5)c6C)nc4C(=O)O)c(F)c3)CC2)C(C)(C)C)cc1. The van der Waals surface area contributed by atoms with Crippen LogP contribution in [0.1, 0.15) is 115 Å². The van der Waals surface area contributed by atoms with Crippen LogP contribution in [0, 0.1) is 36.9 Å². The van der Waals surface area contributed by atoms with Crippen LogP contribution < -0.4 is 25.6 Å². The van der Waals surface area contributed by atoms with Gasteiger partial charge in [0.25, 0.3) is 0 Å². The van der Waals surface area contributed by atoms with Crippen LogP contribution in [0.2, 0.25) is 0 Å². The van der Waals surface area contributed by atoms with Crippen LogP contribution in [-0.2, 0) is 38.6 Å². The molecule has 1 unspecified atom stereocenters. The fourth-order valence-electron chi connectivity index (χ4n) is 11.1. The number of unbranched alkanes of at least 4 members (excludes halogenated alkanes) is 2. The van der Waals surface area contributed by atoms with Gasteiger partial charge in [-0.05, 0) is 99.2 Å². The number of aryl methyl sites for hydroxylation is 2. The normalized spacial score (nSPS) is 16.4. The Morgan fingerprint density at radius 2 is 1.69 bits per heavy atom. The molecular formula is C64H73FN12O8S3. The van der Waals surface area contributed by atoms with Gasteiger partial charge in [-0.25, -0.2) is 24.1 Å². The van der Waals surface area contributed by atoms with E-state index in [2.05, 4.69) is 57.8 Å². The van der Waals surface area contributed by atoms with Crippen LogP contribution >= 0.6 is 34.0 Å². The summed E-state index contributed by atoms with van der Waals surface area (Å²) in [5.41, 5.74) is 7.35. The first-order valence-electron chi connectivity index (χ1n) is 29.8. The number of ether oxygens (including phenoxy) is 1. The minimum Gasteiger partial charge on any atom is -0.491 e. The molecule has 5 N–H and O–H groups in total. The second-order valence-electron chi connectivity index (χ2n) is 23.5. The highest BCUT2D eigenvalue weighted by Gasteiger charge is 2.44. The smallest absolute Gasteiger partial charge is 0.355 e. The number of aromatic nitrogens is 5. The average Bonchev–Trinajstić information content (AvgIpc) is 1.64. The van der Waals surface area contributed by atoms with E-state index in [9.17, 15) is 34.2 Å². The molecule has 0 aliphatic carbocycles. The number of fused-ring (bicyclic) bond motifs is 2. The number of thiazole rings is 3. The molecule has 2 fully saturated rings. The quantitative estimate of drug-likeness (QED) is 0.0313. The van der Waals surface area contributed by atoms with Crippen molar-refractivity contribution in [2.45, 2.75) is 124 Å². The van der Waals surface area contributed by atoms with Crippen LogP contribution in [0.5, 0.6) is 5.75 Å². The number of aliphatic hydroxyl groups is 1. The number of likely N-dealkylation sites (tertiary alicyclic amines) is 1. The third-order valence-electron chi connectivity index (χ3n) is 16.0. The van der Waals surface area contributed by atoms with Gasteiger partial charge in [0, 0.05) is 86.6 Å². The number of aromatic carboxylic acids is 1. The lowest BCUT2D eigenvalue weighted by atomic mass is 9.85. The summed E-state index contributed by atoms with van der Waals surface area (Å²) in [6.07, 6.45) is 3.93. The first kappa shape index (κ1) is 63.1. The number of hydrogen-bond donors (Lipinski definition) is 5. The number of nitrogens with one attached hydrogen (secondary N) is 3. The highest BCUT2D eigenvalue weighted by molar-refractivity contribution is 7.22. The lowest BCUT2D eigenvalue weighted by molar-refractivity contribution is -0.144. The second kappa shape index (κ2) is 28.5. The zero-order chi connectivity index (χ0) is 62.1. The minimum atomic E-state index is -1.13. The van der Waals surface area contributed by atoms with E-state index in [0.717, 1.165) is 61.0 Å². The maximum atomic E-state index is 15.3. The largest absolute Gasteiger partial charge is 0.491 e. The van der Waals surface area contributed by atoms with Crippen molar-refractivity contribution in [2.75, 3.05) is 62.6 Å². The number of β-amino-alcohol motifs (C(OH)–C–C–N with tert-alkyl or cyclic N) is 1. The summed E-state index contributed by atoms with van der Waals surface area (Å²) in [4.78, 5) is 89.0. The Bertz CT molecular complexity index is 3700. The van der Waals surface area contributed by atoms with Gasteiger partial charge in [0.05, 0.1) is 45.6 Å². The maximum Gasteiger partial charge on any atom is 0.355 e. The number of carbonyl (C=O) groups is 5. The van der Waals surface area contributed by atoms with Gasteiger partial charge in [-0.3, -0.25) is 24.1 Å². The van der Waals surface area contributed by atoms with Gasteiger partial charge >= 0.3 is 5.97 Å². The van der Waals surface area contributed by atoms with E-state index < -0.39 is 41.3 Å². The molecule has 0 saturated carbocycles. The first-order valence-corrected chi connectivity index (χ1v) is 32.3. The second-order valence-corrected chi connectivity index (χ2v) is 26.4. The number of benzene rings is 3. The number of amides is 4. The number of rotatable bonds is 22. The van der Waals surface area contributed by atoms with Crippen molar-refractivity contribution in [2.24, 2.45) is 5.41 Å². The Labute approximate surface area is 523 Å². The summed E-state index contributed by atoms with van der Waals surface area (Å²) in [6, 6.07) is 18.6. The van der Waals surface area contributed by atoms with Crippen LogP contribution in [0.3, 0.4) is 0 Å². The molecule has 88 heavy (non-hydrogen) atoms. The Morgan fingerprint density at radius 3 is 2.43 bits per heavy atom. The van der Waals surface area contributed by atoms with Gasteiger partial charge in [-0.2, -0.15) is 0 Å². The van der Waals surface area contributed by atoms with Crippen molar-refractivity contribution >= 4 is 95.7 Å². The molecule has 7 heterocycles. The molecule has 10 rings (SSSR count). The fraction of sp³-hybridized carbons (Fsp3) is 0.438. The first-order chi connectivity index (χ1) is 42.4. The van der Waals surface area contributed by atoms with Gasteiger partial charge < -0.3 is 45.6 Å². The highest BCUT2D eigenvalue weighted by atomic mass is 32.1. The lowest BCUT2D eigenvalue weighted by Crippen LogP contribution is -2.57. The molecular weight excluding hydrogens is 1180 g/mol. The number of halogens is 1. The molecule has 462 valence electrons. The van der Waals surface area contributed by atoms with Gasteiger partial charge in [0.15, 0.2) is 39.2 Å². The van der Waals surface area contributed by atoms with Crippen molar-refractivity contribution < 1.29 is 43.3 Å². The number of anilines is 4. The van der Waals surface area contributed by atoms with Crippen molar-refractivity contribution in [3.05, 3.63) is 117 Å². The molecule has 3 aromatic carbocycles. The molecule has 3 aliphatic heterocycles. The average molecular weight is 1250 g/mol. The molecule has 3 aliphatic rings. The highest BCUT2D eigenvalue weighted by Crippen LogP contribution is 2.40. The summed E-state index contributed by atoms with van der Waals surface area (Å²) in [6.45, 7) is 13.4. The summed E-state index contributed by atoms with van der Waals surface area (Å²) >= 11 is 4.41. The zero-order valence-corrected chi connectivity index (χ0v) is 52.5. The van der Waals surface area contributed by atoms with E-state index >= 15 is 4.39 Å². The van der Waals surface area contributed by atoms with Gasteiger partial charge in [-0.15, -0.1) is 32.9 Å². The molecule has 0 spiro atoms. The topological polar surface area (TPSA) is 249 Å². The van der Waals surface area contributed by atoms with E-state index in [1.54, 1.807) is 34.8 Å². The maximum absolute atomic E-state index is 15.3. The third-order valence-corrected chi connectivity index (χ3v) is 19.1. The molecule has 20 nitrogen and oxygen atoms in total. The number of hydrogen-bond acceptors (Lipinski definition) is 18. The Hall–Kier alpha value is -7.95. The van der Waals surface area contributed by atoms with Gasteiger partial charge in [-0.1, -0.05) is 86.8 Å². The predicted octanol–water partition coefficient (Wildman–Crippen LogP) is 9.22. The van der Waals surface area contributed by atoms with E-state index in [4.69, 9.17) is 4.74 Å². The van der Waals surface area contributed by atoms with Crippen molar-refractivity contribution in [3.63, 3.8) is 0 Å². The summed E-state index contributed by atoms with van der Waals surface area (Å²) in [7, 11) is 0. The number of carbonyl (C=O) groups excluding carboxylic acids is 4. The standard InChI is InChI=1S/C64H73FN12O8S3/c1-39-45-15-12-28-76(58(45)73-72-57(39)71-62-68-47-16-9-10-17-50(47)87-62)63-70-54(61(83)84)51(88-63)18-13-33-85-49-26-23-41(34-46(49)65)14-11-27-74-29-31-75(32-30-74)53(80)20-8-6-7-19-52(79)69-56(64(3,4)5)60(82)77-37-44(78)35-48(77)59(81)66-36-42-21-24-43(25-22-42)55-40(2)67-38-86-55/h9-10,16-17,21-26,34,38,44,48,56,78H,6-8,12-13,15,18-20,27-33,35-37H2,1-5H3,(H,66,81)(H,69,79)(H,83,84)(H,68,71,72)/t44-,48+,56?/m1/s1. The molecule has 0 bridgehead atoms. The van der Waals surface area contributed by atoms with Gasteiger partial charge in [0.1, 0.15) is 12.1 Å². The molecule has 7 aromatic rings. The number of aliphatic hydroxyl groups excluding tert-OH is 1. The summed E-state index contributed by atoms with van der Waals surface area (Å²) in [5, 5.41) is 40.3. The minimum absolute atomic E-state index is 0.0140. The number of carboxylic acids is 1. The van der Waals surface area contributed by atoms with E-state index in [1.165, 1.54) is 22.3 Å². The van der Waals surface area contributed by atoms with Crippen LogP contribution in [0.4, 0.5) is 26.3 Å². The van der Waals surface area contributed by atoms with Crippen molar-refractivity contribution in [1.29, 1.82) is 0 Å². The Kier molecular flexibility index (Phi) is 20.4. The van der Waals surface area contributed by atoms with Crippen LogP contribution in [0.15, 0.2) is 72.2 Å². The van der Waals surface area contributed by atoms with Crippen LogP contribution in [-0.4, -0.2) is 150 Å². The molecule has 0 radical (unpaired) electrons. The van der Waals surface area contributed by atoms with Crippen molar-refractivity contribution in [3.8, 4) is 28.0 Å². The van der Waals surface area contributed by atoms with E-state index in [-0.39, 0.29) is 61.7 Å². The lowest BCUT2D eigenvalue weighted by Gasteiger charge is -2.35. The van der Waals surface area contributed by atoms with Crippen molar-refractivity contribution in [1.82, 2.24) is 50.5 Å². The number of piperazine rings is 1. The zero-order valence-electron chi connectivity index (χ0n) is 50.1. The number of para-hydroxylation sites is 1. The Balaban J connectivity index is 0.612. The van der Waals surface area contributed by atoms with E-state index in [0.29, 0.717) is 105 Å². The molecule has 24 heteroatoms. The fourth-order valence-corrected chi connectivity index (χ4v) is 13.9. The van der Waals surface area contributed by atoms with E-state index in [1.807, 2.05) is 98.5 Å². The molecule has 2 saturated heterocycles. The molecule has 3 atom stereocenters. The summed E-state index contributed by atoms with van der Waals surface area (Å²) in [5.74, 6) is 4.81. The third kappa shape index (κ3) is 15.5. The molecule has 4 amide bonds. The predicted molar refractivity (Wildman–Crippen MR) is 339 cm³/mol. The summed E-state index contributed by atoms with van der Waals surface area (Å²) < 4.78 is 22.1. The number of carboxylic acid groups (broad SMARTS) is 1. The molecule has 4 aromatic heterocycles. The monoisotopic (exact) mass is 1250 g/mol.